The minimum atomic E-state index is -4.08. The van der Waals surface area contributed by atoms with E-state index in [1.807, 2.05) is 29.2 Å². The highest BCUT2D eigenvalue weighted by atomic mass is 19.4. The quantitative estimate of drug-likeness (QED) is 0.860. The van der Waals surface area contributed by atoms with Gasteiger partial charge in [0.25, 0.3) is 0 Å². The second-order valence-corrected chi connectivity index (χ2v) is 6.62. The Morgan fingerprint density at radius 1 is 1.19 bits per heavy atom. The monoisotopic (exact) mass is 300 g/mol. The van der Waals surface area contributed by atoms with E-state index < -0.39 is 12.1 Å². The Kier molecular flexibility index (Phi) is 4.51. The van der Waals surface area contributed by atoms with Gasteiger partial charge in [0.2, 0.25) is 0 Å². The summed E-state index contributed by atoms with van der Waals surface area (Å²) in [5.74, 6) is -1.19. The van der Waals surface area contributed by atoms with Crippen LogP contribution in [0.2, 0.25) is 0 Å². The predicted octanol–water partition coefficient (Wildman–Crippen LogP) is 3.82. The highest BCUT2D eigenvalue weighted by Crippen LogP contribution is 2.34. The number of hydrogen-bond donors (Lipinski definition) is 1. The fraction of sp³-hybridized carbons (Fsp3) is 0.625. The van der Waals surface area contributed by atoms with E-state index >= 15 is 0 Å². The van der Waals surface area contributed by atoms with Gasteiger partial charge in [0.05, 0.1) is 5.92 Å². The van der Waals surface area contributed by atoms with E-state index in [-0.39, 0.29) is 18.4 Å². The molecule has 1 aliphatic rings. The van der Waals surface area contributed by atoms with Gasteiger partial charge < -0.3 is 10.6 Å². The van der Waals surface area contributed by atoms with E-state index in [2.05, 4.69) is 13.8 Å². The fourth-order valence-corrected chi connectivity index (χ4v) is 3.05. The van der Waals surface area contributed by atoms with Crippen LogP contribution in [-0.4, -0.2) is 30.7 Å². The van der Waals surface area contributed by atoms with Gasteiger partial charge in [-0.25, -0.2) is 0 Å². The van der Waals surface area contributed by atoms with Crippen molar-refractivity contribution in [1.82, 2.24) is 4.90 Å². The number of anilines is 1. The number of alkyl halides is 3. The van der Waals surface area contributed by atoms with Crippen LogP contribution in [0, 0.1) is 5.92 Å². The first-order valence-electron chi connectivity index (χ1n) is 7.33. The molecule has 21 heavy (non-hydrogen) atoms. The van der Waals surface area contributed by atoms with Crippen molar-refractivity contribution in [2.75, 3.05) is 25.4 Å². The van der Waals surface area contributed by atoms with Crippen molar-refractivity contribution in [3.05, 3.63) is 29.8 Å². The maximum Gasteiger partial charge on any atom is 0.393 e. The molecular formula is C16H23F3N2. The molecule has 2 N–H and O–H groups in total. The largest absolute Gasteiger partial charge is 0.399 e. The molecule has 5 heteroatoms. The molecule has 1 unspecified atom stereocenters. The molecule has 1 saturated heterocycles. The van der Waals surface area contributed by atoms with E-state index in [9.17, 15) is 13.2 Å². The van der Waals surface area contributed by atoms with E-state index in [4.69, 9.17) is 5.73 Å². The summed E-state index contributed by atoms with van der Waals surface area (Å²) in [5.41, 5.74) is 7.29. The Hall–Kier alpha value is -1.23. The van der Waals surface area contributed by atoms with E-state index in [0.29, 0.717) is 18.7 Å². The smallest absolute Gasteiger partial charge is 0.393 e. The SMILES string of the molecule is CC(C)(CN1CCCC(C(F)(F)F)C1)c1ccc(N)cc1. The van der Waals surface area contributed by atoms with Crippen molar-refractivity contribution >= 4 is 5.69 Å². The Bertz CT molecular complexity index is 465. The summed E-state index contributed by atoms with van der Waals surface area (Å²) >= 11 is 0. The third-order valence-corrected chi connectivity index (χ3v) is 4.28. The van der Waals surface area contributed by atoms with Crippen LogP contribution in [0.3, 0.4) is 0 Å². The van der Waals surface area contributed by atoms with Gasteiger partial charge in [0.15, 0.2) is 0 Å². The standard InChI is InChI=1S/C16H23F3N2/c1-15(2,12-5-7-14(20)8-6-12)11-21-9-3-4-13(10-21)16(17,18)19/h5-8,13H,3-4,9-11,20H2,1-2H3. The summed E-state index contributed by atoms with van der Waals surface area (Å²) in [7, 11) is 0. The number of nitrogen functional groups attached to an aromatic ring is 1. The molecule has 0 spiro atoms. The fourth-order valence-electron chi connectivity index (χ4n) is 3.05. The lowest BCUT2D eigenvalue weighted by Crippen LogP contribution is -2.46. The molecule has 0 amide bonds. The zero-order chi connectivity index (χ0) is 15.7. The van der Waals surface area contributed by atoms with Gasteiger partial charge in [0, 0.05) is 24.2 Å². The molecule has 0 aromatic heterocycles. The van der Waals surface area contributed by atoms with Crippen molar-refractivity contribution in [1.29, 1.82) is 0 Å². The molecule has 0 radical (unpaired) electrons. The van der Waals surface area contributed by atoms with Gasteiger partial charge in [0.1, 0.15) is 0 Å². The van der Waals surface area contributed by atoms with Crippen molar-refractivity contribution in [2.24, 2.45) is 5.92 Å². The van der Waals surface area contributed by atoms with Crippen LogP contribution in [0.1, 0.15) is 32.3 Å². The first-order chi connectivity index (χ1) is 9.68. The van der Waals surface area contributed by atoms with E-state index in [0.717, 1.165) is 12.1 Å². The first kappa shape index (κ1) is 16.1. The first-order valence-corrected chi connectivity index (χ1v) is 7.33. The number of halogens is 3. The summed E-state index contributed by atoms with van der Waals surface area (Å²) < 4.78 is 38.6. The number of benzene rings is 1. The molecule has 2 rings (SSSR count). The molecule has 1 aromatic rings. The predicted molar refractivity (Wildman–Crippen MR) is 79.1 cm³/mol. The lowest BCUT2D eigenvalue weighted by molar-refractivity contribution is -0.187. The number of nitrogens with zero attached hydrogens (tertiary/aromatic N) is 1. The number of piperidine rings is 1. The number of rotatable bonds is 3. The summed E-state index contributed by atoms with van der Waals surface area (Å²) in [4.78, 5) is 1.94. The third-order valence-electron chi connectivity index (χ3n) is 4.28. The number of nitrogens with two attached hydrogens (primary N) is 1. The Morgan fingerprint density at radius 3 is 2.38 bits per heavy atom. The minimum Gasteiger partial charge on any atom is -0.399 e. The van der Waals surface area contributed by atoms with Gasteiger partial charge >= 0.3 is 6.18 Å². The maximum atomic E-state index is 12.9. The highest BCUT2D eigenvalue weighted by molar-refractivity contribution is 5.41. The Labute approximate surface area is 124 Å². The molecule has 0 aliphatic carbocycles. The van der Waals surface area contributed by atoms with Gasteiger partial charge in [-0.15, -0.1) is 0 Å². The lowest BCUT2D eigenvalue weighted by atomic mass is 9.83. The molecule has 1 aromatic carbocycles. The van der Waals surface area contributed by atoms with Crippen LogP contribution in [0.25, 0.3) is 0 Å². The summed E-state index contributed by atoms with van der Waals surface area (Å²) in [6.07, 6.45) is -3.21. The van der Waals surface area contributed by atoms with Crippen LogP contribution in [0.15, 0.2) is 24.3 Å². The molecule has 1 heterocycles. The lowest BCUT2D eigenvalue weighted by Gasteiger charge is -2.38. The van der Waals surface area contributed by atoms with Crippen LogP contribution < -0.4 is 5.73 Å². The van der Waals surface area contributed by atoms with Gasteiger partial charge in [-0.3, -0.25) is 0 Å². The zero-order valence-electron chi connectivity index (χ0n) is 12.6. The van der Waals surface area contributed by atoms with Crippen molar-refractivity contribution in [2.45, 2.75) is 38.3 Å². The highest BCUT2D eigenvalue weighted by Gasteiger charge is 2.42. The van der Waals surface area contributed by atoms with Crippen molar-refractivity contribution in [3.8, 4) is 0 Å². The average Bonchev–Trinajstić information content (AvgIpc) is 2.38. The van der Waals surface area contributed by atoms with Gasteiger partial charge in [-0.2, -0.15) is 13.2 Å². The van der Waals surface area contributed by atoms with Gasteiger partial charge in [-0.05, 0) is 37.1 Å². The minimum absolute atomic E-state index is 0.113. The summed E-state index contributed by atoms with van der Waals surface area (Å²) in [5, 5.41) is 0. The molecule has 1 atom stereocenters. The molecule has 0 saturated carbocycles. The van der Waals surface area contributed by atoms with Crippen molar-refractivity contribution < 1.29 is 13.2 Å². The van der Waals surface area contributed by atoms with Gasteiger partial charge in [-0.1, -0.05) is 26.0 Å². The molecular weight excluding hydrogens is 277 g/mol. The van der Waals surface area contributed by atoms with Crippen LogP contribution in [0.4, 0.5) is 18.9 Å². The third kappa shape index (κ3) is 4.13. The number of hydrogen-bond acceptors (Lipinski definition) is 2. The average molecular weight is 300 g/mol. The van der Waals surface area contributed by atoms with Crippen molar-refractivity contribution in [3.63, 3.8) is 0 Å². The normalized spacial score (nSPS) is 21.5. The zero-order valence-corrected chi connectivity index (χ0v) is 12.6. The second-order valence-electron chi connectivity index (χ2n) is 6.62. The molecule has 1 fully saturated rings. The number of likely N-dealkylation sites (tertiary alicyclic amines) is 1. The maximum absolute atomic E-state index is 12.9. The molecule has 2 nitrogen and oxygen atoms in total. The second kappa shape index (κ2) is 5.87. The van der Waals surface area contributed by atoms with Crippen LogP contribution >= 0.6 is 0 Å². The van der Waals surface area contributed by atoms with Crippen LogP contribution in [-0.2, 0) is 5.41 Å². The molecule has 0 bridgehead atoms. The summed E-state index contributed by atoms with van der Waals surface area (Å²) in [6, 6.07) is 7.60. The Balaban J connectivity index is 2.04. The molecule has 1 aliphatic heterocycles. The molecule has 118 valence electrons. The Morgan fingerprint density at radius 2 is 1.81 bits per heavy atom. The van der Waals surface area contributed by atoms with E-state index in [1.54, 1.807) is 0 Å². The summed E-state index contributed by atoms with van der Waals surface area (Å²) in [6.45, 7) is 5.61. The topological polar surface area (TPSA) is 29.3 Å². The van der Waals surface area contributed by atoms with Crippen LogP contribution in [0.5, 0.6) is 0 Å². The van der Waals surface area contributed by atoms with E-state index in [1.165, 1.54) is 0 Å².